The first-order valence-electron chi connectivity index (χ1n) is 5.26. The van der Waals surface area contributed by atoms with E-state index < -0.39 is 10.5 Å². The van der Waals surface area contributed by atoms with Gasteiger partial charge in [-0.15, -0.1) is 0 Å². The number of quaternary nitrogens is 2. The molecule has 1 aromatic carbocycles. The summed E-state index contributed by atoms with van der Waals surface area (Å²) in [4.78, 5) is 3.57. The van der Waals surface area contributed by atoms with Crippen molar-refractivity contribution in [2.75, 3.05) is 7.05 Å². The molecule has 0 spiro atoms. The van der Waals surface area contributed by atoms with Crippen LogP contribution in [-0.4, -0.2) is 34.8 Å². The Kier molecular flexibility index (Phi) is 5.95. The van der Waals surface area contributed by atoms with E-state index in [1.165, 1.54) is 19.2 Å². The van der Waals surface area contributed by atoms with Crippen LogP contribution in [0.25, 0.3) is 0 Å². The second kappa shape index (κ2) is 7.46. The standard InChI is InChI=1S/C9H14N6O5/c1-10-9(13-16)12-11-5-6-2-3-7(14(17)18)4-8(6)15(19)20/h2-5,14-17,19H,1H3,(H2,10,12,13)/b11-5+. The highest BCUT2D eigenvalue weighted by atomic mass is 16.8. The lowest BCUT2D eigenvalue weighted by Crippen LogP contribution is -3.01. The monoisotopic (exact) mass is 286 g/mol. The number of aliphatic imine (C=N–C) groups is 1. The van der Waals surface area contributed by atoms with E-state index in [0.29, 0.717) is 0 Å². The van der Waals surface area contributed by atoms with Gasteiger partial charge in [-0.2, -0.15) is 15.6 Å². The van der Waals surface area contributed by atoms with Crippen LogP contribution in [0.15, 0.2) is 28.3 Å². The third-order valence-electron chi connectivity index (χ3n) is 2.23. The SMILES string of the molecule is CN=C(NO)N/N=C/c1ccc([NH+]([O-])O)cc1[NH+]([O-])O. The van der Waals surface area contributed by atoms with Crippen molar-refractivity contribution in [3.63, 3.8) is 0 Å². The number of rotatable bonds is 4. The Hall–Kier alpha value is -2.12. The van der Waals surface area contributed by atoms with Gasteiger partial charge in [-0.3, -0.25) is 10.2 Å². The van der Waals surface area contributed by atoms with Gasteiger partial charge in [-0.05, 0) is 6.07 Å². The van der Waals surface area contributed by atoms with Gasteiger partial charge in [-0.25, -0.2) is 21.3 Å². The van der Waals surface area contributed by atoms with Crippen LogP contribution in [0.4, 0.5) is 11.4 Å². The molecule has 0 amide bonds. The Morgan fingerprint density at radius 3 is 2.50 bits per heavy atom. The van der Waals surface area contributed by atoms with Gasteiger partial charge in [-0.1, -0.05) is 0 Å². The normalized spacial score (nSPS) is 15.2. The maximum Gasteiger partial charge on any atom is 0.236 e. The van der Waals surface area contributed by atoms with Crippen molar-refractivity contribution in [2.45, 2.75) is 0 Å². The molecule has 11 nitrogen and oxygen atoms in total. The number of hydroxylamine groups is 1. The lowest BCUT2D eigenvalue weighted by atomic mass is 10.2. The zero-order chi connectivity index (χ0) is 15.1. The maximum absolute atomic E-state index is 11.1. The van der Waals surface area contributed by atoms with Crippen LogP contribution in [0.2, 0.25) is 0 Å². The second-order valence-corrected chi connectivity index (χ2v) is 3.47. The van der Waals surface area contributed by atoms with Crippen LogP contribution < -0.4 is 21.4 Å². The predicted molar refractivity (Wildman–Crippen MR) is 67.0 cm³/mol. The number of hydrazone groups is 1. The van der Waals surface area contributed by atoms with Gasteiger partial charge >= 0.3 is 0 Å². The molecule has 1 rings (SSSR count). The highest BCUT2D eigenvalue weighted by Crippen LogP contribution is 2.13. The van der Waals surface area contributed by atoms with E-state index in [-0.39, 0.29) is 22.9 Å². The molecule has 1 aromatic rings. The summed E-state index contributed by atoms with van der Waals surface area (Å²) in [6.07, 6.45) is 1.16. The Labute approximate surface area is 113 Å². The number of benzene rings is 1. The quantitative estimate of drug-likeness (QED) is 0.181. The van der Waals surface area contributed by atoms with Crippen LogP contribution >= 0.6 is 0 Å². The molecule has 11 heteroatoms. The van der Waals surface area contributed by atoms with Crippen molar-refractivity contribution in [1.82, 2.24) is 10.9 Å². The van der Waals surface area contributed by atoms with E-state index in [2.05, 4.69) is 15.5 Å². The molecule has 0 bridgehead atoms. The smallest absolute Gasteiger partial charge is 0.236 e. The number of hydrogen-bond acceptors (Lipinski definition) is 7. The van der Waals surface area contributed by atoms with Gasteiger partial charge in [0.1, 0.15) is 0 Å². The average molecular weight is 286 g/mol. The first-order chi connectivity index (χ1) is 9.49. The fraction of sp³-hybridized carbons (Fsp3) is 0.111. The molecule has 7 N–H and O–H groups in total. The Balaban J connectivity index is 2.97. The number of nitrogens with one attached hydrogen (secondary N) is 4. The first-order valence-corrected chi connectivity index (χ1v) is 5.26. The fourth-order valence-electron chi connectivity index (χ4n) is 1.28. The van der Waals surface area contributed by atoms with E-state index in [0.717, 1.165) is 12.3 Å². The summed E-state index contributed by atoms with van der Waals surface area (Å²) in [5.74, 6) is -0.0414. The summed E-state index contributed by atoms with van der Waals surface area (Å²) in [5.41, 5.74) is 3.90. The largest absolute Gasteiger partial charge is 0.595 e. The van der Waals surface area contributed by atoms with Crippen molar-refractivity contribution in [3.8, 4) is 0 Å². The number of guanidine groups is 1. The van der Waals surface area contributed by atoms with E-state index in [1.54, 1.807) is 5.48 Å². The molecule has 0 aliphatic rings. The zero-order valence-electron chi connectivity index (χ0n) is 10.4. The zero-order valence-corrected chi connectivity index (χ0v) is 10.4. The molecule has 2 unspecified atom stereocenters. The molecule has 2 atom stereocenters. The highest BCUT2D eigenvalue weighted by Gasteiger charge is 2.12. The summed E-state index contributed by atoms with van der Waals surface area (Å²) in [6.45, 7) is 0. The van der Waals surface area contributed by atoms with Gasteiger partial charge in [0.25, 0.3) is 0 Å². The summed E-state index contributed by atoms with van der Waals surface area (Å²) >= 11 is 0. The van der Waals surface area contributed by atoms with Gasteiger partial charge < -0.3 is 10.4 Å². The molecular weight excluding hydrogens is 272 g/mol. The molecule has 0 aliphatic carbocycles. The van der Waals surface area contributed by atoms with Crippen molar-refractivity contribution in [1.29, 1.82) is 0 Å². The minimum atomic E-state index is -1.28. The predicted octanol–water partition coefficient (Wildman–Crippen LogP) is -2.62. The van der Waals surface area contributed by atoms with Gasteiger partial charge in [0.05, 0.1) is 17.8 Å². The van der Waals surface area contributed by atoms with Crippen molar-refractivity contribution >= 4 is 23.5 Å². The average Bonchev–Trinajstić information content (AvgIpc) is 2.43. The maximum atomic E-state index is 11.1. The van der Waals surface area contributed by atoms with E-state index in [1.807, 2.05) is 0 Å². The number of nitrogens with zero attached hydrogens (tertiary/aromatic N) is 2. The van der Waals surface area contributed by atoms with Crippen LogP contribution in [0, 0.1) is 10.4 Å². The van der Waals surface area contributed by atoms with Crippen LogP contribution in [0.3, 0.4) is 0 Å². The summed E-state index contributed by atoms with van der Waals surface area (Å²) in [7, 11) is 1.39. The van der Waals surface area contributed by atoms with E-state index in [4.69, 9.17) is 15.6 Å². The van der Waals surface area contributed by atoms with Gasteiger partial charge in [0.15, 0.2) is 11.4 Å². The lowest BCUT2D eigenvalue weighted by Gasteiger charge is -2.17. The molecule has 20 heavy (non-hydrogen) atoms. The fourth-order valence-corrected chi connectivity index (χ4v) is 1.28. The van der Waals surface area contributed by atoms with E-state index >= 15 is 0 Å². The third-order valence-corrected chi connectivity index (χ3v) is 2.23. The van der Waals surface area contributed by atoms with Gasteiger partial charge in [0, 0.05) is 13.1 Å². The second-order valence-electron chi connectivity index (χ2n) is 3.47. The Morgan fingerprint density at radius 2 is 2.00 bits per heavy atom. The van der Waals surface area contributed by atoms with Gasteiger partial charge in [0.2, 0.25) is 5.96 Å². The summed E-state index contributed by atoms with van der Waals surface area (Å²) in [5, 5.41) is 49.4. The van der Waals surface area contributed by atoms with Crippen LogP contribution in [0.5, 0.6) is 0 Å². The summed E-state index contributed by atoms with van der Waals surface area (Å²) in [6, 6.07) is 3.60. The van der Waals surface area contributed by atoms with Crippen LogP contribution in [-0.2, 0) is 0 Å². The van der Waals surface area contributed by atoms with Crippen molar-refractivity contribution in [2.24, 2.45) is 10.1 Å². The minimum absolute atomic E-state index is 0.0414. The molecule has 0 saturated heterocycles. The van der Waals surface area contributed by atoms with Crippen LogP contribution in [0.1, 0.15) is 5.56 Å². The Bertz CT molecular complexity index is 504. The topological polar surface area (TPSA) is 164 Å². The first kappa shape index (κ1) is 15.9. The van der Waals surface area contributed by atoms with Crippen molar-refractivity contribution in [3.05, 3.63) is 34.2 Å². The molecule has 0 heterocycles. The highest BCUT2D eigenvalue weighted by molar-refractivity contribution is 5.87. The molecule has 0 saturated carbocycles. The van der Waals surface area contributed by atoms with Crippen molar-refractivity contribution < 1.29 is 26.1 Å². The molecule has 110 valence electrons. The molecule has 0 radical (unpaired) electrons. The number of hydrogen-bond donors (Lipinski definition) is 7. The molecular formula is C9H14N6O5. The lowest BCUT2D eigenvalue weighted by molar-refractivity contribution is -0.996. The Morgan fingerprint density at radius 1 is 1.30 bits per heavy atom. The third kappa shape index (κ3) is 4.22. The molecule has 0 aromatic heterocycles. The molecule has 0 aliphatic heterocycles. The van der Waals surface area contributed by atoms with E-state index in [9.17, 15) is 10.4 Å². The summed E-state index contributed by atoms with van der Waals surface area (Å²) < 4.78 is 0. The molecule has 0 fully saturated rings. The minimum Gasteiger partial charge on any atom is -0.595 e.